The van der Waals surface area contributed by atoms with Gasteiger partial charge in [-0.3, -0.25) is 0 Å². The molecule has 0 aliphatic heterocycles. The zero-order chi connectivity index (χ0) is 18.8. The second-order valence-electron chi connectivity index (χ2n) is 6.50. The van der Waals surface area contributed by atoms with E-state index in [2.05, 4.69) is 4.72 Å². The Bertz CT molecular complexity index is 857. The van der Waals surface area contributed by atoms with Gasteiger partial charge in [0.25, 0.3) is 0 Å². The Hall–Kier alpha value is -1.40. The van der Waals surface area contributed by atoms with Crippen LogP contribution in [0.3, 0.4) is 0 Å². The van der Waals surface area contributed by atoms with Gasteiger partial charge in [0.2, 0.25) is 10.0 Å². The smallest absolute Gasteiger partial charge is 0.241 e. The molecule has 0 saturated heterocycles. The third-order valence-corrected chi connectivity index (χ3v) is 6.30. The van der Waals surface area contributed by atoms with E-state index in [1.807, 2.05) is 38.1 Å². The van der Waals surface area contributed by atoms with Crippen LogP contribution in [-0.4, -0.2) is 22.1 Å². The molecule has 2 aromatic carbocycles. The highest BCUT2D eigenvalue weighted by Gasteiger charge is 2.30. The molecule has 0 aliphatic rings. The standard InChI is InChI=1S/C19H24ClNO3S/c1-13-9-14(2)18(15(3)10-13)25(22,23)21-12-19(4,24-5)16-7-6-8-17(20)11-16/h6-11,21H,12H2,1-5H3. The monoisotopic (exact) mass is 381 g/mol. The van der Waals surface area contributed by atoms with Crippen molar-refractivity contribution in [3.05, 3.63) is 63.7 Å². The zero-order valence-corrected chi connectivity index (χ0v) is 16.8. The minimum absolute atomic E-state index is 0.0962. The van der Waals surface area contributed by atoms with E-state index in [-0.39, 0.29) is 6.54 Å². The second kappa shape index (κ2) is 7.46. The Kier molecular flexibility index (Phi) is 5.94. The number of aryl methyl sites for hydroxylation is 3. The molecule has 0 radical (unpaired) electrons. The molecule has 25 heavy (non-hydrogen) atoms. The molecule has 2 rings (SSSR count). The molecule has 4 nitrogen and oxygen atoms in total. The van der Waals surface area contributed by atoms with E-state index in [1.54, 1.807) is 33.1 Å². The van der Waals surface area contributed by atoms with Gasteiger partial charge < -0.3 is 4.74 Å². The Morgan fingerprint density at radius 1 is 1.12 bits per heavy atom. The number of hydrogen-bond acceptors (Lipinski definition) is 3. The summed E-state index contributed by atoms with van der Waals surface area (Å²) in [6.45, 7) is 7.49. The first-order chi connectivity index (χ1) is 11.6. The van der Waals surface area contributed by atoms with E-state index in [4.69, 9.17) is 16.3 Å². The van der Waals surface area contributed by atoms with E-state index in [1.165, 1.54) is 0 Å². The minimum atomic E-state index is -3.66. The van der Waals surface area contributed by atoms with Crippen molar-refractivity contribution in [3.8, 4) is 0 Å². The van der Waals surface area contributed by atoms with Crippen molar-refractivity contribution in [1.29, 1.82) is 0 Å². The Labute approximate surface area is 155 Å². The van der Waals surface area contributed by atoms with Crippen LogP contribution in [-0.2, 0) is 20.4 Å². The van der Waals surface area contributed by atoms with Crippen molar-refractivity contribution in [3.63, 3.8) is 0 Å². The molecule has 0 heterocycles. The Balaban J connectivity index is 2.32. The zero-order valence-electron chi connectivity index (χ0n) is 15.2. The molecule has 0 aliphatic carbocycles. The quantitative estimate of drug-likeness (QED) is 0.819. The predicted molar refractivity (Wildman–Crippen MR) is 102 cm³/mol. The summed E-state index contributed by atoms with van der Waals surface area (Å²) in [5.74, 6) is 0. The predicted octanol–water partition coefficient (Wildman–Crippen LogP) is 4.11. The van der Waals surface area contributed by atoms with Crippen LogP contribution in [0.1, 0.15) is 29.2 Å². The lowest BCUT2D eigenvalue weighted by Gasteiger charge is -2.29. The van der Waals surface area contributed by atoms with Crippen molar-refractivity contribution in [2.75, 3.05) is 13.7 Å². The summed E-state index contributed by atoms with van der Waals surface area (Å²) in [7, 11) is -2.11. The van der Waals surface area contributed by atoms with E-state index >= 15 is 0 Å². The minimum Gasteiger partial charge on any atom is -0.372 e. The third kappa shape index (κ3) is 4.42. The highest BCUT2D eigenvalue weighted by Crippen LogP contribution is 2.28. The second-order valence-corrected chi connectivity index (χ2v) is 8.64. The number of methoxy groups -OCH3 is 1. The number of hydrogen-bond donors (Lipinski definition) is 1. The van der Waals surface area contributed by atoms with E-state index in [0.717, 1.165) is 22.3 Å². The van der Waals surface area contributed by atoms with Crippen molar-refractivity contribution < 1.29 is 13.2 Å². The third-order valence-electron chi connectivity index (χ3n) is 4.36. The molecular formula is C19H24ClNO3S. The molecule has 0 bridgehead atoms. The van der Waals surface area contributed by atoms with E-state index in [9.17, 15) is 8.42 Å². The van der Waals surface area contributed by atoms with Gasteiger partial charge in [-0.15, -0.1) is 0 Å². The lowest BCUT2D eigenvalue weighted by atomic mass is 9.96. The lowest BCUT2D eigenvalue weighted by Crippen LogP contribution is -2.40. The average Bonchev–Trinajstić information content (AvgIpc) is 2.51. The van der Waals surface area contributed by atoms with Crippen molar-refractivity contribution >= 4 is 21.6 Å². The van der Waals surface area contributed by atoms with Crippen LogP contribution < -0.4 is 4.72 Å². The number of rotatable bonds is 6. The summed E-state index contributed by atoms with van der Waals surface area (Å²) in [6, 6.07) is 11.0. The first-order valence-electron chi connectivity index (χ1n) is 7.98. The molecule has 0 aromatic heterocycles. The van der Waals surface area contributed by atoms with Crippen molar-refractivity contribution in [1.82, 2.24) is 4.72 Å². The highest BCUT2D eigenvalue weighted by atomic mass is 35.5. The molecule has 0 spiro atoms. The molecule has 1 unspecified atom stereocenters. The maximum Gasteiger partial charge on any atom is 0.241 e. The molecule has 136 valence electrons. The summed E-state index contributed by atoms with van der Waals surface area (Å²) in [6.07, 6.45) is 0. The van der Waals surface area contributed by atoms with Crippen LogP contribution in [0.4, 0.5) is 0 Å². The highest BCUT2D eigenvalue weighted by molar-refractivity contribution is 7.89. The summed E-state index contributed by atoms with van der Waals surface area (Å²) < 4.78 is 34.0. The van der Waals surface area contributed by atoms with Crippen LogP contribution >= 0.6 is 11.6 Å². The molecule has 2 aromatic rings. The van der Waals surface area contributed by atoms with Gasteiger partial charge >= 0.3 is 0 Å². The van der Waals surface area contributed by atoms with Gasteiger partial charge in [-0.2, -0.15) is 0 Å². The molecular weight excluding hydrogens is 358 g/mol. The van der Waals surface area contributed by atoms with Crippen molar-refractivity contribution in [2.24, 2.45) is 0 Å². The number of benzene rings is 2. The fourth-order valence-electron chi connectivity index (χ4n) is 3.01. The first-order valence-corrected chi connectivity index (χ1v) is 9.84. The Morgan fingerprint density at radius 3 is 2.24 bits per heavy atom. The number of sulfonamides is 1. The molecule has 1 N–H and O–H groups in total. The number of halogens is 1. The molecule has 0 amide bonds. The van der Waals surface area contributed by atoms with Gasteiger partial charge in [-0.05, 0) is 56.5 Å². The SMILES string of the molecule is COC(C)(CNS(=O)(=O)c1c(C)cc(C)cc1C)c1cccc(Cl)c1. The molecule has 0 fully saturated rings. The Morgan fingerprint density at radius 2 is 1.72 bits per heavy atom. The first kappa shape index (κ1) is 19.9. The van der Waals surface area contributed by atoms with E-state index < -0.39 is 15.6 Å². The lowest BCUT2D eigenvalue weighted by molar-refractivity contribution is 0.00698. The van der Waals surface area contributed by atoms with Gasteiger partial charge in [-0.1, -0.05) is 41.4 Å². The fraction of sp³-hybridized carbons (Fsp3) is 0.368. The summed E-state index contributed by atoms with van der Waals surface area (Å²) in [5, 5.41) is 0.578. The van der Waals surface area contributed by atoms with Crippen LogP contribution in [0.5, 0.6) is 0 Å². The number of nitrogens with one attached hydrogen (secondary N) is 1. The molecule has 0 saturated carbocycles. The maximum absolute atomic E-state index is 12.9. The number of ether oxygens (including phenoxy) is 1. The van der Waals surface area contributed by atoms with Crippen LogP contribution in [0.2, 0.25) is 5.02 Å². The topological polar surface area (TPSA) is 55.4 Å². The largest absolute Gasteiger partial charge is 0.372 e. The molecule has 6 heteroatoms. The van der Waals surface area contributed by atoms with Gasteiger partial charge in [0, 0.05) is 18.7 Å². The summed E-state index contributed by atoms with van der Waals surface area (Å²) in [4.78, 5) is 0.322. The van der Waals surface area contributed by atoms with Crippen LogP contribution in [0.25, 0.3) is 0 Å². The summed E-state index contributed by atoms with van der Waals surface area (Å²) in [5.41, 5.74) is 2.47. The van der Waals surface area contributed by atoms with Gasteiger partial charge in [-0.25, -0.2) is 13.1 Å². The van der Waals surface area contributed by atoms with E-state index in [0.29, 0.717) is 9.92 Å². The van der Waals surface area contributed by atoms with Gasteiger partial charge in [0.1, 0.15) is 5.60 Å². The van der Waals surface area contributed by atoms with Crippen LogP contribution in [0, 0.1) is 20.8 Å². The van der Waals surface area contributed by atoms with Gasteiger partial charge in [0.05, 0.1) is 4.90 Å². The molecule has 1 atom stereocenters. The average molecular weight is 382 g/mol. The normalized spacial score (nSPS) is 14.3. The van der Waals surface area contributed by atoms with Crippen molar-refractivity contribution in [2.45, 2.75) is 38.2 Å². The van der Waals surface area contributed by atoms with Crippen LogP contribution in [0.15, 0.2) is 41.3 Å². The maximum atomic E-state index is 12.9. The summed E-state index contributed by atoms with van der Waals surface area (Å²) >= 11 is 6.06. The fourth-order valence-corrected chi connectivity index (χ4v) is 4.77. The van der Waals surface area contributed by atoms with Gasteiger partial charge in [0.15, 0.2) is 0 Å².